The number of hydrogen-bond donors (Lipinski definition) is 1. The van der Waals surface area contributed by atoms with E-state index in [1.165, 1.54) is 30.3 Å². The molecule has 2 aromatic rings. The summed E-state index contributed by atoms with van der Waals surface area (Å²) >= 11 is 0. The summed E-state index contributed by atoms with van der Waals surface area (Å²) in [7, 11) is 0. The first-order valence-corrected chi connectivity index (χ1v) is 8.25. The molecule has 0 saturated heterocycles. The molecule has 5 nitrogen and oxygen atoms in total. The van der Waals surface area contributed by atoms with E-state index in [0.717, 1.165) is 24.5 Å². The van der Waals surface area contributed by atoms with Crippen LogP contribution in [0.4, 0.5) is 30.7 Å². The van der Waals surface area contributed by atoms with E-state index < -0.39 is 41.8 Å². The minimum absolute atomic E-state index is 0.0768. The summed E-state index contributed by atoms with van der Waals surface area (Å²) in [5.74, 6) is -13.5. The fraction of sp³-hybridized carbons (Fsp3) is 0.278. The Morgan fingerprint density at radius 3 is 2.07 bits per heavy atom. The molecule has 1 aromatic heterocycles. The Balaban J connectivity index is 2.12. The number of rotatable bonds is 4. The number of amides is 1. The zero-order valence-corrected chi connectivity index (χ0v) is 14.7. The number of carbonyl (C=O) groups is 1. The Labute approximate surface area is 164 Å². The lowest BCUT2D eigenvalue weighted by molar-refractivity contribution is -0.336. The molecule has 160 valence electrons. The van der Waals surface area contributed by atoms with Crippen LogP contribution in [0.3, 0.4) is 0 Å². The van der Waals surface area contributed by atoms with Crippen molar-refractivity contribution in [3.8, 4) is 0 Å². The normalized spacial score (nSPS) is 20.3. The van der Waals surface area contributed by atoms with Gasteiger partial charge in [0, 0.05) is 29.9 Å². The highest BCUT2D eigenvalue weighted by atomic mass is 19.4. The fourth-order valence-corrected chi connectivity index (χ4v) is 2.84. The number of aromatic nitrogens is 1. The van der Waals surface area contributed by atoms with Crippen molar-refractivity contribution in [1.82, 2.24) is 9.99 Å². The minimum atomic E-state index is -6.59. The predicted octanol–water partition coefficient (Wildman–Crippen LogP) is 3.96. The molecule has 0 bridgehead atoms. The lowest BCUT2D eigenvalue weighted by Crippen LogP contribution is -2.56. The summed E-state index contributed by atoms with van der Waals surface area (Å²) in [5, 5.41) is 14.1. The molecule has 0 radical (unpaired) electrons. The highest BCUT2D eigenvalue weighted by molar-refractivity contribution is 6.00. The molecule has 3 rings (SSSR count). The molecule has 1 aliphatic heterocycles. The maximum absolute atomic E-state index is 14.2. The number of halogens is 7. The van der Waals surface area contributed by atoms with Crippen molar-refractivity contribution in [2.75, 3.05) is 0 Å². The van der Waals surface area contributed by atoms with Gasteiger partial charge < -0.3 is 5.11 Å². The molecule has 1 atom stereocenters. The van der Waals surface area contributed by atoms with E-state index in [0.29, 0.717) is 0 Å². The van der Waals surface area contributed by atoms with E-state index >= 15 is 0 Å². The third-order valence-electron chi connectivity index (χ3n) is 4.45. The van der Waals surface area contributed by atoms with Crippen molar-refractivity contribution in [2.24, 2.45) is 5.10 Å². The minimum Gasteiger partial charge on any atom is -0.365 e. The second-order valence-electron chi connectivity index (χ2n) is 6.41. The summed E-state index contributed by atoms with van der Waals surface area (Å²) < 4.78 is 93.3. The van der Waals surface area contributed by atoms with Gasteiger partial charge in [0.2, 0.25) is 0 Å². The Hall–Kier alpha value is -3.02. The smallest absolute Gasteiger partial charge is 0.365 e. The van der Waals surface area contributed by atoms with Crippen LogP contribution in [0.15, 0.2) is 60.0 Å². The molecule has 1 aliphatic rings. The summed E-state index contributed by atoms with van der Waals surface area (Å²) in [6.07, 6.45) is -5.75. The van der Waals surface area contributed by atoms with Crippen LogP contribution < -0.4 is 0 Å². The molecule has 1 N–H and O–H groups in total. The number of nitrogens with zero attached hydrogens (tertiary/aromatic N) is 3. The number of pyridine rings is 1. The van der Waals surface area contributed by atoms with E-state index in [2.05, 4.69) is 10.1 Å². The third-order valence-corrected chi connectivity index (χ3v) is 4.45. The lowest BCUT2D eigenvalue weighted by Gasteiger charge is -2.32. The molecule has 1 amide bonds. The molecule has 12 heteroatoms. The van der Waals surface area contributed by atoms with Crippen molar-refractivity contribution in [1.29, 1.82) is 0 Å². The van der Waals surface area contributed by atoms with Gasteiger partial charge in [-0.1, -0.05) is 30.3 Å². The van der Waals surface area contributed by atoms with Crippen molar-refractivity contribution >= 4 is 11.6 Å². The second-order valence-corrected chi connectivity index (χ2v) is 6.41. The Morgan fingerprint density at radius 2 is 1.53 bits per heavy atom. The van der Waals surface area contributed by atoms with E-state index in [1.807, 2.05) is 0 Å². The van der Waals surface area contributed by atoms with Crippen LogP contribution in [0, 0.1) is 0 Å². The molecule has 0 fully saturated rings. The van der Waals surface area contributed by atoms with Crippen LogP contribution >= 0.6 is 0 Å². The maximum Gasteiger partial charge on any atom is 0.460 e. The highest BCUT2D eigenvalue weighted by Crippen LogP contribution is 2.50. The lowest BCUT2D eigenvalue weighted by atomic mass is 9.93. The van der Waals surface area contributed by atoms with Gasteiger partial charge in [-0.25, -0.2) is 0 Å². The molecule has 30 heavy (non-hydrogen) atoms. The van der Waals surface area contributed by atoms with Crippen molar-refractivity contribution < 1.29 is 40.6 Å². The summed E-state index contributed by atoms with van der Waals surface area (Å²) in [4.78, 5) is 16.4. The van der Waals surface area contributed by atoms with Crippen LogP contribution in [-0.2, 0) is 5.72 Å². The SMILES string of the molecule is O=C(c1ccncc1)N1N=C(C(F)(F)C(F)(F)C(F)(F)F)C[C@@]1(O)c1ccccc1. The molecular formula is C18H12F7N3O2. The first-order valence-electron chi connectivity index (χ1n) is 8.25. The molecule has 2 heterocycles. The second kappa shape index (κ2) is 7.04. The fourth-order valence-electron chi connectivity index (χ4n) is 2.84. The summed E-state index contributed by atoms with van der Waals surface area (Å²) in [6, 6.07) is 8.81. The standard InChI is InChI=1S/C18H12F7N3O2/c19-16(20,17(21,22)18(23,24)25)13-10-15(30,12-4-2-1-3-5-12)28(27-13)14(29)11-6-8-26-9-7-11/h1-9,30H,10H2/t15-/m1/s1. The van der Waals surface area contributed by atoms with Crippen molar-refractivity contribution in [3.05, 3.63) is 66.0 Å². The van der Waals surface area contributed by atoms with Gasteiger partial charge >= 0.3 is 18.0 Å². The van der Waals surface area contributed by atoms with Gasteiger partial charge in [-0.2, -0.15) is 40.8 Å². The number of benzene rings is 1. The van der Waals surface area contributed by atoms with Gasteiger partial charge in [-0.15, -0.1) is 0 Å². The number of alkyl halides is 7. The van der Waals surface area contributed by atoms with E-state index in [1.54, 1.807) is 0 Å². The molecular weight excluding hydrogens is 423 g/mol. The Morgan fingerprint density at radius 1 is 0.967 bits per heavy atom. The number of hydrogen-bond acceptors (Lipinski definition) is 4. The van der Waals surface area contributed by atoms with Crippen LogP contribution in [0.2, 0.25) is 0 Å². The van der Waals surface area contributed by atoms with Gasteiger partial charge in [0.25, 0.3) is 5.91 Å². The first kappa shape index (κ1) is 21.7. The van der Waals surface area contributed by atoms with E-state index in [4.69, 9.17) is 0 Å². The average molecular weight is 435 g/mol. The zero-order valence-electron chi connectivity index (χ0n) is 14.7. The molecule has 0 saturated carbocycles. The Kier molecular flexibility index (Phi) is 5.09. The number of carbonyl (C=O) groups excluding carboxylic acids is 1. The largest absolute Gasteiger partial charge is 0.460 e. The quantitative estimate of drug-likeness (QED) is 0.740. The molecule has 0 aliphatic carbocycles. The van der Waals surface area contributed by atoms with Crippen LogP contribution in [-0.4, -0.2) is 44.7 Å². The molecule has 0 spiro atoms. The van der Waals surface area contributed by atoms with Gasteiger partial charge in [-0.3, -0.25) is 9.78 Å². The number of hydrazone groups is 1. The van der Waals surface area contributed by atoms with Gasteiger partial charge in [-0.05, 0) is 12.1 Å². The van der Waals surface area contributed by atoms with Crippen LogP contribution in [0.5, 0.6) is 0 Å². The zero-order chi connectivity index (χ0) is 22.4. The molecule has 0 unspecified atom stereocenters. The first-order chi connectivity index (χ1) is 13.8. The van der Waals surface area contributed by atoms with E-state index in [9.17, 15) is 40.6 Å². The van der Waals surface area contributed by atoms with Gasteiger partial charge in [0.15, 0.2) is 5.72 Å². The monoisotopic (exact) mass is 435 g/mol. The number of aliphatic hydroxyl groups is 1. The summed E-state index contributed by atoms with van der Waals surface area (Å²) in [6.45, 7) is 0. The predicted molar refractivity (Wildman–Crippen MR) is 88.7 cm³/mol. The van der Waals surface area contributed by atoms with Crippen LogP contribution in [0.1, 0.15) is 22.3 Å². The van der Waals surface area contributed by atoms with E-state index in [-0.39, 0.29) is 16.1 Å². The molecule has 1 aromatic carbocycles. The topological polar surface area (TPSA) is 65.8 Å². The van der Waals surface area contributed by atoms with Crippen molar-refractivity contribution in [3.63, 3.8) is 0 Å². The van der Waals surface area contributed by atoms with Crippen LogP contribution in [0.25, 0.3) is 0 Å². The third kappa shape index (κ3) is 3.30. The van der Waals surface area contributed by atoms with Crippen molar-refractivity contribution in [2.45, 2.75) is 30.2 Å². The highest BCUT2D eigenvalue weighted by Gasteiger charge is 2.76. The maximum atomic E-state index is 14.2. The summed E-state index contributed by atoms with van der Waals surface area (Å²) in [5.41, 5.74) is -5.13. The Bertz CT molecular complexity index is 965. The van der Waals surface area contributed by atoms with Gasteiger partial charge in [0.1, 0.15) is 5.71 Å². The average Bonchev–Trinajstić information content (AvgIpc) is 3.07. The van der Waals surface area contributed by atoms with Gasteiger partial charge in [0.05, 0.1) is 0 Å².